The Morgan fingerprint density at radius 1 is 0.968 bits per heavy atom. The number of carbonyl (C=O) groups excluding carboxylic acids is 1. The zero-order chi connectivity index (χ0) is 21.6. The van der Waals surface area contributed by atoms with Crippen LogP contribution in [0.5, 0.6) is 5.75 Å². The standard InChI is InChI=1S/C23H22Cl2N4O2/c24-17-6-8-21(20(25)14-17)31-16-23(30)27-18-7-9-22(26-15-18)29-12-10-28(11-13-29)19-4-2-1-3-5-19/h1-9,14-15H,10-13,16H2,(H,27,30). The Bertz CT molecular complexity index is 1020. The van der Waals surface area contributed by atoms with Crippen LogP contribution in [0.2, 0.25) is 10.0 Å². The van der Waals surface area contributed by atoms with Crippen LogP contribution in [0.15, 0.2) is 66.9 Å². The van der Waals surface area contributed by atoms with Gasteiger partial charge in [0.05, 0.1) is 16.9 Å². The average molecular weight is 457 g/mol. The minimum Gasteiger partial charge on any atom is -0.482 e. The van der Waals surface area contributed by atoms with E-state index in [4.69, 9.17) is 27.9 Å². The molecule has 1 amide bonds. The van der Waals surface area contributed by atoms with Crippen LogP contribution in [-0.4, -0.2) is 43.7 Å². The van der Waals surface area contributed by atoms with Crippen LogP contribution in [0.4, 0.5) is 17.2 Å². The Hall–Kier alpha value is -2.96. The predicted octanol–water partition coefficient (Wildman–Crippen LogP) is 4.73. The van der Waals surface area contributed by atoms with E-state index < -0.39 is 0 Å². The maximum absolute atomic E-state index is 12.2. The Morgan fingerprint density at radius 3 is 2.39 bits per heavy atom. The molecule has 0 radical (unpaired) electrons. The highest BCUT2D eigenvalue weighted by Gasteiger charge is 2.18. The maximum Gasteiger partial charge on any atom is 0.262 e. The first-order valence-corrected chi connectivity index (χ1v) is 10.7. The molecule has 0 spiro atoms. The van der Waals surface area contributed by atoms with Gasteiger partial charge >= 0.3 is 0 Å². The Balaban J connectivity index is 1.27. The number of para-hydroxylation sites is 1. The largest absolute Gasteiger partial charge is 0.482 e. The second-order valence-corrected chi connectivity index (χ2v) is 7.97. The first-order chi connectivity index (χ1) is 15.1. The summed E-state index contributed by atoms with van der Waals surface area (Å²) in [5.74, 6) is 1.01. The number of pyridine rings is 1. The van der Waals surface area contributed by atoms with Gasteiger partial charge in [-0.2, -0.15) is 0 Å². The number of piperazine rings is 1. The zero-order valence-electron chi connectivity index (χ0n) is 16.8. The quantitative estimate of drug-likeness (QED) is 0.580. The third-order valence-electron chi connectivity index (χ3n) is 5.01. The molecule has 2 heterocycles. The van der Waals surface area contributed by atoms with Gasteiger partial charge in [0.25, 0.3) is 5.91 Å². The van der Waals surface area contributed by atoms with Crippen LogP contribution >= 0.6 is 23.2 Å². The molecule has 1 aliphatic heterocycles. The number of nitrogens with zero attached hydrogens (tertiary/aromatic N) is 3. The summed E-state index contributed by atoms with van der Waals surface area (Å²) in [4.78, 5) is 21.3. The molecule has 0 saturated carbocycles. The number of aromatic nitrogens is 1. The third-order valence-corrected chi connectivity index (χ3v) is 5.54. The number of rotatable bonds is 6. The summed E-state index contributed by atoms with van der Waals surface area (Å²) >= 11 is 11.9. The lowest BCUT2D eigenvalue weighted by Gasteiger charge is -2.36. The van der Waals surface area contributed by atoms with Crippen molar-refractivity contribution in [2.45, 2.75) is 0 Å². The van der Waals surface area contributed by atoms with Gasteiger partial charge in [0, 0.05) is 36.9 Å². The molecule has 1 saturated heterocycles. The van der Waals surface area contributed by atoms with Crippen LogP contribution in [0, 0.1) is 0 Å². The lowest BCUT2D eigenvalue weighted by molar-refractivity contribution is -0.118. The summed E-state index contributed by atoms with van der Waals surface area (Å²) in [6, 6.07) is 19.0. The molecule has 3 aromatic rings. The van der Waals surface area contributed by atoms with Gasteiger partial charge in [-0.15, -0.1) is 0 Å². The number of anilines is 3. The fourth-order valence-electron chi connectivity index (χ4n) is 3.41. The molecule has 0 atom stereocenters. The van der Waals surface area contributed by atoms with Crippen molar-refractivity contribution in [3.63, 3.8) is 0 Å². The maximum atomic E-state index is 12.2. The molecule has 1 fully saturated rings. The van der Waals surface area contributed by atoms with Crippen molar-refractivity contribution in [3.05, 3.63) is 76.9 Å². The smallest absolute Gasteiger partial charge is 0.262 e. The lowest BCUT2D eigenvalue weighted by atomic mass is 10.2. The zero-order valence-corrected chi connectivity index (χ0v) is 18.3. The van der Waals surface area contributed by atoms with Gasteiger partial charge in [-0.1, -0.05) is 41.4 Å². The molecule has 1 N–H and O–H groups in total. The fourth-order valence-corrected chi connectivity index (χ4v) is 3.88. The van der Waals surface area contributed by atoms with Crippen LogP contribution in [0.1, 0.15) is 0 Å². The lowest BCUT2D eigenvalue weighted by Crippen LogP contribution is -2.46. The SMILES string of the molecule is O=C(COc1ccc(Cl)cc1Cl)Nc1ccc(N2CCN(c3ccccc3)CC2)nc1. The van der Waals surface area contributed by atoms with Gasteiger partial charge in [0.1, 0.15) is 11.6 Å². The van der Waals surface area contributed by atoms with Crippen molar-refractivity contribution in [3.8, 4) is 5.75 Å². The first-order valence-electron chi connectivity index (χ1n) is 9.97. The van der Waals surface area contributed by atoms with Gasteiger partial charge in [0.15, 0.2) is 6.61 Å². The molecular formula is C23H22Cl2N4O2. The van der Waals surface area contributed by atoms with E-state index in [-0.39, 0.29) is 12.5 Å². The van der Waals surface area contributed by atoms with E-state index in [9.17, 15) is 4.79 Å². The number of halogens is 2. The summed E-state index contributed by atoms with van der Waals surface area (Å²) < 4.78 is 5.46. The minimum absolute atomic E-state index is 0.162. The molecular weight excluding hydrogens is 435 g/mol. The molecule has 8 heteroatoms. The van der Waals surface area contributed by atoms with Gasteiger partial charge in [-0.05, 0) is 42.5 Å². The summed E-state index contributed by atoms with van der Waals surface area (Å²) in [5, 5.41) is 3.65. The number of ether oxygens (including phenoxy) is 1. The molecule has 6 nitrogen and oxygen atoms in total. The number of nitrogens with one attached hydrogen (secondary N) is 1. The molecule has 4 rings (SSSR count). The van der Waals surface area contributed by atoms with E-state index in [1.807, 2.05) is 18.2 Å². The summed E-state index contributed by atoms with van der Waals surface area (Å²) in [7, 11) is 0. The van der Waals surface area contributed by atoms with Crippen LogP contribution < -0.4 is 19.9 Å². The van der Waals surface area contributed by atoms with E-state index in [0.717, 1.165) is 32.0 Å². The van der Waals surface area contributed by atoms with Crippen molar-refractivity contribution in [1.29, 1.82) is 0 Å². The first kappa shape index (κ1) is 21.3. The Kier molecular flexibility index (Phi) is 6.79. The Morgan fingerprint density at radius 2 is 1.71 bits per heavy atom. The minimum atomic E-state index is -0.294. The van der Waals surface area contributed by atoms with Crippen LogP contribution in [0.3, 0.4) is 0 Å². The van der Waals surface area contributed by atoms with Gasteiger partial charge in [-0.25, -0.2) is 4.98 Å². The number of carbonyl (C=O) groups is 1. The number of hydrogen-bond acceptors (Lipinski definition) is 5. The second kappa shape index (κ2) is 9.90. The van der Waals surface area contributed by atoms with E-state index in [1.165, 1.54) is 5.69 Å². The monoisotopic (exact) mass is 456 g/mol. The molecule has 0 aliphatic carbocycles. The number of amides is 1. The second-order valence-electron chi connectivity index (χ2n) is 7.13. The summed E-state index contributed by atoms with van der Waals surface area (Å²) in [5.41, 5.74) is 1.86. The third kappa shape index (κ3) is 5.60. The number of hydrogen-bond donors (Lipinski definition) is 1. The topological polar surface area (TPSA) is 57.7 Å². The Labute approximate surface area is 191 Å². The van der Waals surface area contributed by atoms with E-state index in [1.54, 1.807) is 24.4 Å². The highest BCUT2D eigenvalue weighted by Crippen LogP contribution is 2.27. The predicted molar refractivity (Wildman–Crippen MR) is 126 cm³/mol. The van der Waals surface area contributed by atoms with Crippen molar-refractivity contribution in [2.24, 2.45) is 0 Å². The van der Waals surface area contributed by atoms with Crippen molar-refractivity contribution in [2.75, 3.05) is 47.9 Å². The van der Waals surface area contributed by atoms with E-state index in [2.05, 4.69) is 44.4 Å². The highest BCUT2D eigenvalue weighted by molar-refractivity contribution is 6.35. The summed E-state index contributed by atoms with van der Waals surface area (Å²) in [6.07, 6.45) is 1.66. The normalized spacial score (nSPS) is 13.7. The molecule has 1 aromatic heterocycles. The van der Waals surface area contributed by atoms with Crippen LogP contribution in [-0.2, 0) is 4.79 Å². The van der Waals surface area contributed by atoms with Crippen molar-refractivity contribution >= 4 is 46.3 Å². The highest BCUT2D eigenvalue weighted by atomic mass is 35.5. The molecule has 0 bridgehead atoms. The molecule has 1 aliphatic rings. The van der Waals surface area contributed by atoms with Gasteiger partial charge < -0.3 is 19.9 Å². The van der Waals surface area contributed by atoms with Crippen molar-refractivity contribution in [1.82, 2.24) is 4.98 Å². The summed E-state index contributed by atoms with van der Waals surface area (Å²) in [6.45, 7) is 3.50. The van der Waals surface area contributed by atoms with Crippen molar-refractivity contribution < 1.29 is 9.53 Å². The van der Waals surface area contributed by atoms with Gasteiger partial charge in [0.2, 0.25) is 0 Å². The number of benzene rings is 2. The molecule has 0 unspecified atom stereocenters. The van der Waals surface area contributed by atoms with Crippen LogP contribution in [0.25, 0.3) is 0 Å². The fraction of sp³-hybridized carbons (Fsp3) is 0.217. The molecule has 31 heavy (non-hydrogen) atoms. The average Bonchev–Trinajstić information content (AvgIpc) is 2.80. The molecule has 2 aromatic carbocycles. The van der Waals surface area contributed by atoms with Gasteiger partial charge in [-0.3, -0.25) is 4.79 Å². The van der Waals surface area contributed by atoms with E-state index >= 15 is 0 Å². The van der Waals surface area contributed by atoms with E-state index in [0.29, 0.717) is 21.5 Å². The molecule has 160 valence electrons.